The Kier molecular flexibility index (Phi) is 8.44. The normalized spacial score (nSPS) is 19.9. The molecule has 2 unspecified atom stereocenters. The van der Waals surface area contributed by atoms with Crippen LogP contribution in [0.25, 0.3) is 11.4 Å². The molecule has 1 aromatic heterocycles. The van der Waals surface area contributed by atoms with Gasteiger partial charge in [-0.25, -0.2) is 0 Å². The third kappa shape index (κ3) is 6.57. The number of fused-ring (bicyclic) bond motifs is 1. The van der Waals surface area contributed by atoms with E-state index in [2.05, 4.69) is 15.5 Å². The maximum absolute atomic E-state index is 14.0. The van der Waals surface area contributed by atoms with Crippen LogP contribution < -0.4 is 25.3 Å². The SMILES string of the molecule is NC(NC(=O)c1ccc2c(c1)OCO2)N1CCCC1c1nc(-c2ccc(OCCC3CCCCC3)c(C(F)(F)F)c2)no1. The predicted octanol–water partition coefficient (Wildman–Crippen LogP) is 5.64. The molecule has 3 aliphatic rings. The van der Waals surface area contributed by atoms with Crippen LogP contribution in [-0.2, 0) is 6.18 Å². The molecule has 0 spiro atoms. The summed E-state index contributed by atoms with van der Waals surface area (Å²) in [6, 6.07) is 8.25. The summed E-state index contributed by atoms with van der Waals surface area (Å²) >= 11 is 0. The van der Waals surface area contributed by atoms with Crippen LogP contribution in [0.1, 0.15) is 79.2 Å². The fourth-order valence-corrected chi connectivity index (χ4v) is 6.04. The summed E-state index contributed by atoms with van der Waals surface area (Å²) in [5.41, 5.74) is 6.00. The number of carbonyl (C=O) groups is 1. The molecule has 10 nitrogen and oxygen atoms in total. The molecule has 3 heterocycles. The van der Waals surface area contributed by atoms with Gasteiger partial charge in [0.15, 0.2) is 11.5 Å². The van der Waals surface area contributed by atoms with Gasteiger partial charge in [-0.3, -0.25) is 15.4 Å². The van der Waals surface area contributed by atoms with Gasteiger partial charge in [-0.1, -0.05) is 37.3 Å². The van der Waals surface area contributed by atoms with E-state index in [9.17, 15) is 18.0 Å². The summed E-state index contributed by atoms with van der Waals surface area (Å²) < 4.78 is 63.7. The number of likely N-dealkylation sites (tertiary alicyclic amines) is 1. The molecule has 0 bridgehead atoms. The summed E-state index contributed by atoms with van der Waals surface area (Å²) in [6.45, 7) is 0.885. The molecule has 13 heteroatoms. The van der Waals surface area contributed by atoms with Gasteiger partial charge >= 0.3 is 6.18 Å². The number of nitrogens with two attached hydrogens (primary N) is 1. The van der Waals surface area contributed by atoms with Crippen LogP contribution in [0.15, 0.2) is 40.9 Å². The number of alkyl halides is 3. The summed E-state index contributed by atoms with van der Waals surface area (Å²) in [6.07, 6.45) is 2.38. The van der Waals surface area contributed by atoms with Crippen molar-refractivity contribution < 1.29 is 36.7 Å². The number of ether oxygens (including phenoxy) is 3. The van der Waals surface area contributed by atoms with Crippen LogP contribution in [-0.4, -0.2) is 47.2 Å². The molecule has 43 heavy (non-hydrogen) atoms. The van der Waals surface area contributed by atoms with Gasteiger partial charge in [-0.05, 0) is 61.6 Å². The van der Waals surface area contributed by atoms with Crippen LogP contribution in [0.4, 0.5) is 13.2 Å². The summed E-state index contributed by atoms with van der Waals surface area (Å²) in [4.78, 5) is 19.1. The van der Waals surface area contributed by atoms with Crippen LogP contribution >= 0.6 is 0 Å². The van der Waals surface area contributed by atoms with E-state index in [1.54, 1.807) is 18.2 Å². The second-order valence-corrected chi connectivity index (χ2v) is 11.2. The minimum Gasteiger partial charge on any atom is -0.493 e. The van der Waals surface area contributed by atoms with Gasteiger partial charge in [0.1, 0.15) is 12.0 Å². The van der Waals surface area contributed by atoms with Crippen molar-refractivity contribution in [3.63, 3.8) is 0 Å². The van der Waals surface area contributed by atoms with E-state index in [0.29, 0.717) is 35.9 Å². The van der Waals surface area contributed by atoms with Crippen LogP contribution in [0, 0.1) is 5.92 Å². The maximum Gasteiger partial charge on any atom is 0.419 e. The van der Waals surface area contributed by atoms with E-state index in [-0.39, 0.29) is 36.4 Å². The van der Waals surface area contributed by atoms with Gasteiger partial charge in [0.25, 0.3) is 5.91 Å². The number of nitrogens with one attached hydrogen (secondary N) is 1. The zero-order valence-electron chi connectivity index (χ0n) is 23.6. The topological polar surface area (TPSA) is 125 Å². The Morgan fingerprint density at radius 3 is 2.70 bits per heavy atom. The van der Waals surface area contributed by atoms with E-state index < -0.39 is 30.0 Å². The van der Waals surface area contributed by atoms with Crippen molar-refractivity contribution in [3.8, 4) is 28.6 Å². The first-order valence-electron chi connectivity index (χ1n) is 14.7. The number of nitrogens with zero attached hydrogens (tertiary/aromatic N) is 3. The molecule has 1 aliphatic carbocycles. The van der Waals surface area contributed by atoms with Gasteiger partial charge in [0.05, 0.1) is 18.2 Å². The van der Waals surface area contributed by atoms with Gasteiger partial charge in [-0.2, -0.15) is 18.2 Å². The number of benzene rings is 2. The monoisotopic (exact) mass is 601 g/mol. The van der Waals surface area contributed by atoms with E-state index in [4.69, 9.17) is 24.5 Å². The Labute approximate surface area is 246 Å². The first-order valence-corrected chi connectivity index (χ1v) is 14.7. The lowest BCUT2D eigenvalue weighted by atomic mass is 9.87. The molecule has 1 saturated heterocycles. The number of hydrogen-bond acceptors (Lipinski definition) is 9. The fourth-order valence-electron chi connectivity index (χ4n) is 6.04. The Balaban J connectivity index is 1.12. The average Bonchev–Trinajstić information content (AvgIpc) is 3.77. The summed E-state index contributed by atoms with van der Waals surface area (Å²) in [5, 5.41) is 6.74. The lowest BCUT2D eigenvalue weighted by molar-refractivity contribution is -0.138. The predicted molar refractivity (Wildman–Crippen MR) is 148 cm³/mol. The van der Waals surface area contributed by atoms with E-state index in [0.717, 1.165) is 31.7 Å². The number of carbonyl (C=O) groups excluding carboxylic acids is 1. The van der Waals surface area contributed by atoms with Gasteiger partial charge < -0.3 is 24.1 Å². The molecule has 3 aromatic rings. The molecular weight excluding hydrogens is 567 g/mol. The van der Waals surface area contributed by atoms with Crippen molar-refractivity contribution in [3.05, 3.63) is 53.4 Å². The largest absolute Gasteiger partial charge is 0.493 e. The highest BCUT2D eigenvalue weighted by atomic mass is 19.4. The molecule has 3 N–H and O–H groups in total. The number of amides is 1. The zero-order chi connectivity index (χ0) is 30.0. The molecule has 2 fully saturated rings. The standard InChI is InChI=1S/C30H34F3N5O5/c31-30(32,33)21-15-19(8-10-23(21)40-14-12-18-5-2-1-3-6-18)26-35-28(43-37-26)22-7-4-13-38(22)29(34)36-27(39)20-9-11-24-25(16-20)42-17-41-24/h8-11,15-16,18,22,29H,1-7,12-14,17,34H2,(H,36,39). The van der Waals surface area contributed by atoms with E-state index in [1.807, 2.05) is 4.90 Å². The quantitative estimate of drug-likeness (QED) is 0.300. The first kappa shape index (κ1) is 29.2. The lowest BCUT2D eigenvalue weighted by Crippen LogP contribution is -2.53. The fraction of sp³-hybridized carbons (Fsp3) is 0.500. The van der Waals surface area contributed by atoms with Crippen LogP contribution in [0.2, 0.25) is 0 Å². The van der Waals surface area contributed by atoms with Crippen molar-refractivity contribution in [1.82, 2.24) is 20.4 Å². The zero-order valence-corrected chi connectivity index (χ0v) is 23.6. The van der Waals surface area contributed by atoms with Gasteiger partial charge in [0.2, 0.25) is 18.5 Å². The number of hydrogen-bond donors (Lipinski definition) is 2. The molecule has 230 valence electrons. The minimum absolute atomic E-state index is 0.0269. The first-order chi connectivity index (χ1) is 20.8. The highest BCUT2D eigenvalue weighted by Crippen LogP contribution is 2.40. The van der Waals surface area contributed by atoms with E-state index in [1.165, 1.54) is 31.4 Å². The summed E-state index contributed by atoms with van der Waals surface area (Å²) in [7, 11) is 0. The Hall–Kier alpha value is -3.84. The molecular formula is C30H34F3N5O5. The molecule has 2 aliphatic heterocycles. The third-order valence-corrected chi connectivity index (χ3v) is 8.34. The molecule has 1 saturated carbocycles. The highest BCUT2D eigenvalue weighted by molar-refractivity contribution is 5.95. The van der Waals surface area contributed by atoms with Crippen molar-refractivity contribution in [2.75, 3.05) is 19.9 Å². The number of rotatable bonds is 9. The Bertz CT molecular complexity index is 1440. The van der Waals surface area contributed by atoms with Crippen molar-refractivity contribution in [1.29, 1.82) is 0 Å². The average molecular weight is 602 g/mol. The third-order valence-electron chi connectivity index (χ3n) is 8.34. The molecule has 0 radical (unpaired) electrons. The lowest BCUT2D eigenvalue weighted by Gasteiger charge is -2.28. The second kappa shape index (κ2) is 12.4. The number of halogens is 3. The Morgan fingerprint density at radius 1 is 1.07 bits per heavy atom. The van der Waals surface area contributed by atoms with Crippen LogP contribution in [0.3, 0.4) is 0 Å². The molecule has 2 aromatic carbocycles. The molecule has 2 atom stereocenters. The van der Waals surface area contributed by atoms with Crippen molar-refractivity contribution >= 4 is 5.91 Å². The molecule has 1 amide bonds. The smallest absolute Gasteiger partial charge is 0.419 e. The maximum atomic E-state index is 14.0. The second-order valence-electron chi connectivity index (χ2n) is 11.2. The van der Waals surface area contributed by atoms with Crippen LogP contribution in [0.5, 0.6) is 17.2 Å². The van der Waals surface area contributed by atoms with E-state index >= 15 is 0 Å². The number of aromatic nitrogens is 2. The van der Waals surface area contributed by atoms with Crippen molar-refractivity contribution in [2.45, 2.75) is 69.9 Å². The van der Waals surface area contributed by atoms with Gasteiger partial charge in [-0.15, -0.1) is 0 Å². The summed E-state index contributed by atoms with van der Waals surface area (Å²) in [5.74, 6) is 1.17. The van der Waals surface area contributed by atoms with Gasteiger partial charge in [0, 0.05) is 17.7 Å². The minimum atomic E-state index is -4.62. The van der Waals surface area contributed by atoms with Crippen molar-refractivity contribution in [2.24, 2.45) is 11.7 Å². The Morgan fingerprint density at radius 2 is 1.88 bits per heavy atom. The highest BCUT2D eigenvalue weighted by Gasteiger charge is 2.37. The molecule has 6 rings (SSSR count).